The van der Waals surface area contributed by atoms with Crippen LogP contribution in [0.3, 0.4) is 0 Å². The third-order valence-corrected chi connectivity index (χ3v) is 2.71. The maximum absolute atomic E-state index is 9.17. The van der Waals surface area contributed by atoms with Crippen LogP contribution < -0.4 is 0 Å². The molecule has 1 aliphatic heterocycles. The van der Waals surface area contributed by atoms with E-state index in [9.17, 15) is 0 Å². The van der Waals surface area contributed by atoms with E-state index in [1.54, 1.807) is 18.5 Å². The monoisotopic (exact) mass is 210 g/mol. The lowest BCUT2D eigenvalue weighted by molar-refractivity contribution is -0.397. The summed E-state index contributed by atoms with van der Waals surface area (Å²) in [6.07, 6.45) is 2.21. The zero-order valence-electron chi connectivity index (χ0n) is 8.24. The Morgan fingerprint density at radius 1 is 1.40 bits per heavy atom. The Balaban J connectivity index is 2.23. The SMILES string of the molecule is OC(O)(O)N1CCCC1c1cccnc1. The van der Waals surface area contributed by atoms with Crippen molar-refractivity contribution in [3.63, 3.8) is 0 Å². The summed E-state index contributed by atoms with van der Waals surface area (Å²) in [7, 11) is 0. The summed E-state index contributed by atoms with van der Waals surface area (Å²) >= 11 is 0. The molecule has 1 saturated heterocycles. The van der Waals surface area contributed by atoms with E-state index >= 15 is 0 Å². The Labute approximate surface area is 87.6 Å². The quantitative estimate of drug-likeness (QED) is 0.590. The van der Waals surface area contributed by atoms with Gasteiger partial charge in [-0.1, -0.05) is 6.07 Å². The summed E-state index contributed by atoms with van der Waals surface area (Å²) in [6, 6.07) is 3.47. The van der Waals surface area contributed by atoms with E-state index in [-0.39, 0.29) is 6.04 Å². The zero-order valence-corrected chi connectivity index (χ0v) is 8.24. The molecule has 0 aliphatic carbocycles. The minimum Gasteiger partial charge on any atom is -0.330 e. The predicted molar refractivity (Wildman–Crippen MR) is 52.3 cm³/mol. The largest absolute Gasteiger partial charge is 0.346 e. The number of aliphatic hydroxyl groups is 3. The van der Waals surface area contributed by atoms with E-state index < -0.39 is 6.10 Å². The van der Waals surface area contributed by atoms with Gasteiger partial charge < -0.3 is 15.3 Å². The number of hydrogen-bond donors (Lipinski definition) is 3. The Hall–Kier alpha value is -1.01. The second-order valence-electron chi connectivity index (χ2n) is 3.74. The minimum absolute atomic E-state index is 0.182. The molecule has 0 bridgehead atoms. The molecule has 0 saturated carbocycles. The van der Waals surface area contributed by atoms with Crippen LogP contribution in [0.5, 0.6) is 0 Å². The van der Waals surface area contributed by atoms with Gasteiger partial charge >= 0.3 is 6.10 Å². The Morgan fingerprint density at radius 3 is 2.80 bits per heavy atom. The van der Waals surface area contributed by atoms with Gasteiger partial charge in [0, 0.05) is 25.0 Å². The van der Waals surface area contributed by atoms with E-state index in [2.05, 4.69) is 4.98 Å². The van der Waals surface area contributed by atoms with Gasteiger partial charge in [-0.2, -0.15) is 0 Å². The second-order valence-corrected chi connectivity index (χ2v) is 3.74. The summed E-state index contributed by atoms with van der Waals surface area (Å²) in [5, 5.41) is 27.5. The van der Waals surface area contributed by atoms with Gasteiger partial charge in [0.15, 0.2) is 0 Å². The van der Waals surface area contributed by atoms with Crippen LogP contribution in [0.1, 0.15) is 24.4 Å². The van der Waals surface area contributed by atoms with Gasteiger partial charge in [-0.15, -0.1) is 0 Å². The van der Waals surface area contributed by atoms with Crippen molar-refractivity contribution in [3.05, 3.63) is 30.1 Å². The highest BCUT2D eigenvalue weighted by Gasteiger charge is 2.39. The molecule has 0 aromatic carbocycles. The molecule has 15 heavy (non-hydrogen) atoms. The molecule has 3 N–H and O–H groups in total. The minimum atomic E-state index is -2.74. The number of hydrogen-bond acceptors (Lipinski definition) is 5. The Kier molecular flexibility index (Phi) is 2.70. The highest BCUT2D eigenvalue weighted by atomic mass is 16.7. The fourth-order valence-corrected chi connectivity index (χ4v) is 2.05. The molecule has 1 aliphatic rings. The average Bonchev–Trinajstić information content (AvgIpc) is 2.67. The highest BCUT2D eigenvalue weighted by molar-refractivity contribution is 5.15. The molecule has 1 aromatic rings. The molecular formula is C10H14N2O3. The van der Waals surface area contributed by atoms with E-state index in [4.69, 9.17) is 15.3 Å². The highest BCUT2D eigenvalue weighted by Crippen LogP contribution is 2.34. The molecule has 5 heteroatoms. The number of nitrogens with zero attached hydrogens (tertiary/aromatic N) is 2. The molecule has 1 fully saturated rings. The molecule has 1 unspecified atom stereocenters. The van der Waals surface area contributed by atoms with Gasteiger partial charge in [0.25, 0.3) is 0 Å². The topological polar surface area (TPSA) is 76.8 Å². The Morgan fingerprint density at radius 2 is 2.20 bits per heavy atom. The summed E-state index contributed by atoms with van der Waals surface area (Å²) in [4.78, 5) is 5.23. The molecule has 1 atom stereocenters. The second kappa shape index (κ2) is 3.86. The first-order valence-corrected chi connectivity index (χ1v) is 4.93. The van der Waals surface area contributed by atoms with Gasteiger partial charge in [0.2, 0.25) is 0 Å². The number of likely N-dealkylation sites (tertiary alicyclic amines) is 1. The van der Waals surface area contributed by atoms with Crippen LogP contribution in [0.2, 0.25) is 0 Å². The van der Waals surface area contributed by atoms with Crippen molar-refractivity contribution in [1.29, 1.82) is 0 Å². The fourth-order valence-electron chi connectivity index (χ4n) is 2.05. The lowest BCUT2D eigenvalue weighted by Gasteiger charge is -2.31. The van der Waals surface area contributed by atoms with Gasteiger partial charge in [-0.3, -0.25) is 4.98 Å². The van der Waals surface area contributed by atoms with E-state index in [1.165, 1.54) is 4.90 Å². The van der Waals surface area contributed by atoms with Crippen LogP contribution in [0.25, 0.3) is 0 Å². The van der Waals surface area contributed by atoms with E-state index in [1.807, 2.05) is 6.07 Å². The fraction of sp³-hybridized carbons (Fsp3) is 0.500. The van der Waals surface area contributed by atoms with Crippen molar-refractivity contribution < 1.29 is 15.3 Å². The lowest BCUT2D eigenvalue weighted by Crippen LogP contribution is -2.48. The maximum atomic E-state index is 9.17. The first-order valence-electron chi connectivity index (χ1n) is 4.93. The van der Waals surface area contributed by atoms with Crippen LogP contribution in [-0.2, 0) is 0 Å². The van der Waals surface area contributed by atoms with Crippen molar-refractivity contribution in [2.24, 2.45) is 0 Å². The first-order chi connectivity index (χ1) is 7.09. The third-order valence-electron chi connectivity index (χ3n) is 2.71. The molecule has 82 valence electrons. The molecule has 1 aromatic heterocycles. The summed E-state index contributed by atoms with van der Waals surface area (Å²) < 4.78 is 0. The molecule has 0 amide bonds. The van der Waals surface area contributed by atoms with Crippen molar-refractivity contribution in [1.82, 2.24) is 9.88 Å². The normalized spacial score (nSPS) is 23.3. The summed E-state index contributed by atoms with van der Waals surface area (Å²) in [5.41, 5.74) is 0.886. The van der Waals surface area contributed by atoms with E-state index in [0.29, 0.717) is 6.54 Å². The van der Waals surface area contributed by atoms with Gasteiger partial charge in [-0.05, 0) is 24.5 Å². The molecule has 5 nitrogen and oxygen atoms in total. The number of aromatic nitrogens is 1. The smallest absolute Gasteiger partial charge is 0.330 e. The summed E-state index contributed by atoms with van der Waals surface area (Å²) in [6.45, 7) is 0.461. The van der Waals surface area contributed by atoms with Crippen molar-refractivity contribution in [2.75, 3.05) is 6.54 Å². The van der Waals surface area contributed by atoms with Gasteiger partial charge in [0.1, 0.15) is 0 Å². The van der Waals surface area contributed by atoms with E-state index in [0.717, 1.165) is 18.4 Å². The average molecular weight is 210 g/mol. The van der Waals surface area contributed by atoms with Crippen LogP contribution in [0.4, 0.5) is 0 Å². The molecule has 0 spiro atoms. The lowest BCUT2D eigenvalue weighted by atomic mass is 10.1. The molecular weight excluding hydrogens is 196 g/mol. The van der Waals surface area contributed by atoms with Gasteiger partial charge in [-0.25, -0.2) is 4.90 Å². The third kappa shape index (κ3) is 2.15. The van der Waals surface area contributed by atoms with Crippen LogP contribution in [0.15, 0.2) is 24.5 Å². The van der Waals surface area contributed by atoms with Crippen LogP contribution in [-0.4, -0.2) is 37.8 Å². The maximum Gasteiger partial charge on any atom is 0.346 e. The number of pyridine rings is 1. The zero-order chi connectivity index (χ0) is 10.9. The van der Waals surface area contributed by atoms with Crippen LogP contribution >= 0.6 is 0 Å². The van der Waals surface area contributed by atoms with Crippen molar-refractivity contribution >= 4 is 0 Å². The van der Waals surface area contributed by atoms with Crippen LogP contribution in [0, 0.1) is 0 Å². The standard InChI is InChI=1S/C10H14N2O3/c13-10(14,15)12-6-2-4-9(12)8-3-1-5-11-7-8/h1,3,5,7,9,13-15H,2,4,6H2. The molecule has 2 rings (SSSR count). The van der Waals surface area contributed by atoms with Gasteiger partial charge in [0.05, 0.1) is 0 Å². The molecule has 2 heterocycles. The first kappa shape index (κ1) is 10.5. The van der Waals surface area contributed by atoms with Crippen molar-refractivity contribution in [3.8, 4) is 0 Å². The Bertz CT molecular complexity index is 323. The molecule has 0 radical (unpaired) electrons. The summed E-state index contributed by atoms with van der Waals surface area (Å²) in [5.74, 6) is 0. The van der Waals surface area contributed by atoms with Crippen molar-refractivity contribution in [2.45, 2.75) is 25.0 Å². The predicted octanol–water partition coefficient (Wildman–Crippen LogP) is -0.193. The number of rotatable bonds is 2.